The quantitative estimate of drug-likeness (QED) is 0.789. The Morgan fingerprint density at radius 3 is 2.89 bits per heavy atom. The molecule has 1 aliphatic rings. The number of methoxy groups -OCH3 is 1. The lowest BCUT2D eigenvalue weighted by Gasteiger charge is -2.15. The Kier molecular flexibility index (Phi) is 4.43. The molecule has 1 aromatic rings. The van der Waals surface area contributed by atoms with Crippen LogP contribution in [0.15, 0.2) is 24.3 Å². The second-order valence-electron chi connectivity index (χ2n) is 5.37. The predicted molar refractivity (Wildman–Crippen MR) is 73.0 cm³/mol. The van der Waals surface area contributed by atoms with Crippen molar-refractivity contribution < 1.29 is 14.6 Å². The minimum absolute atomic E-state index is 0.00860. The highest BCUT2D eigenvalue weighted by Crippen LogP contribution is 2.48. The van der Waals surface area contributed by atoms with Crippen molar-refractivity contribution in [2.45, 2.75) is 25.7 Å². The Morgan fingerprint density at radius 1 is 1.47 bits per heavy atom. The molecular formula is C15H21NO3. The third-order valence-electron chi connectivity index (χ3n) is 3.73. The third-order valence-corrected chi connectivity index (χ3v) is 3.73. The molecule has 0 saturated heterocycles. The lowest BCUT2D eigenvalue weighted by molar-refractivity contribution is -0.120. The topological polar surface area (TPSA) is 58.6 Å². The van der Waals surface area contributed by atoms with Gasteiger partial charge in [0.15, 0.2) is 0 Å². The van der Waals surface area contributed by atoms with Crippen molar-refractivity contribution in [3.8, 4) is 5.75 Å². The van der Waals surface area contributed by atoms with Crippen LogP contribution in [0.3, 0.4) is 0 Å². The van der Waals surface area contributed by atoms with E-state index in [4.69, 9.17) is 4.74 Å². The Labute approximate surface area is 113 Å². The van der Waals surface area contributed by atoms with Crippen LogP contribution >= 0.6 is 0 Å². The van der Waals surface area contributed by atoms with Gasteiger partial charge in [0.1, 0.15) is 5.75 Å². The molecule has 1 saturated carbocycles. The molecule has 0 aromatic heterocycles. The summed E-state index contributed by atoms with van der Waals surface area (Å²) >= 11 is 0. The fourth-order valence-corrected chi connectivity index (χ4v) is 2.21. The molecule has 0 heterocycles. The van der Waals surface area contributed by atoms with Gasteiger partial charge in [-0.3, -0.25) is 4.79 Å². The number of carbonyl (C=O) groups is 1. The van der Waals surface area contributed by atoms with Crippen molar-refractivity contribution in [3.63, 3.8) is 0 Å². The maximum atomic E-state index is 11.8. The molecule has 0 aliphatic heterocycles. The van der Waals surface area contributed by atoms with E-state index in [1.807, 2.05) is 6.07 Å². The molecule has 1 aliphatic carbocycles. The van der Waals surface area contributed by atoms with Crippen LogP contribution in [-0.2, 0) is 16.0 Å². The second-order valence-corrected chi connectivity index (χ2v) is 5.37. The normalized spacial score (nSPS) is 16.1. The van der Waals surface area contributed by atoms with Crippen LogP contribution < -0.4 is 5.32 Å². The van der Waals surface area contributed by atoms with E-state index in [2.05, 4.69) is 5.32 Å². The van der Waals surface area contributed by atoms with Gasteiger partial charge in [0.25, 0.3) is 0 Å². The smallest absolute Gasteiger partial charge is 0.224 e. The first-order valence-electron chi connectivity index (χ1n) is 6.67. The van der Waals surface area contributed by atoms with Crippen LogP contribution in [0.1, 0.15) is 24.8 Å². The zero-order chi connectivity index (χ0) is 13.7. The van der Waals surface area contributed by atoms with Crippen LogP contribution in [-0.4, -0.2) is 31.3 Å². The van der Waals surface area contributed by atoms with E-state index in [0.717, 1.165) is 25.1 Å². The van der Waals surface area contributed by atoms with Gasteiger partial charge in [-0.1, -0.05) is 12.1 Å². The molecule has 104 valence electrons. The highest BCUT2D eigenvalue weighted by molar-refractivity contribution is 5.78. The van der Waals surface area contributed by atoms with E-state index >= 15 is 0 Å². The van der Waals surface area contributed by atoms with Gasteiger partial charge in [0.05, 0.1) is 6.42 Å². The first-order chi connectivity index (χ1) is 9.13. The van der Waals surface area contributed by atoms with Gasteiger partial charge in [-0.25, -0.2) is 0 Å². The zero-order valence-electron chi connectivity index (χ0n) is 11.3. The van der Waals surface area contributed by atoms with Crippen LogP contribution in [0.4, 0.5) is 0 Å². The largest absolute Gasteiger partial charge is 0.508 e. The fourth-order valence-electron chi connectivity index (χ4n) is 2.21. The molecule has 2 rings (SSSR count). The molecule has 0 radical (unpaired) electrons. The number of amides is 1. The average Bonchev–Trinajstić information content (AvgIpc) is 3.15. The third kappa shape index (κ3) is 4.24. The van der Waals surface area contributed by atoms with Crippen LogP contribution in [0.5, 0.6) is 5.75 Å². The summed E-state index contributed by atoms with van der Waals surface area (Å²) in [6.07, 6.45) is 3.66. The summed E-state index contributed by atoms with van der Waals surface area (Å²) in [5, 5.41) is 12.3. The number of hydrogen-bond acceptors (Lipinski definition) is 3. The number of aromatic hydroxyl groups is 1. The molecule has 1 amide bonds. The fraction of sp³-hybridized carbons (Fsp3) is 0.533. The van der Waals surface area contributed by atoms with Crippen LogP contribution in [0, 0.1) is 5.41 Å². The second kappa shape index (κ2) is 6.06. The number of phenolic OH excluding ortho intramolecular Hbond substituents is 1. The van der Waals surface area contributed by atoms with Crippen LogP contribution in [0.25, 0.3) is 0 Å². The van der Waals surface area contributed by atoms with Crippen molar-refractivity contribution in [2.24, 2.45) is 5.41 Å². The molecule has 2 N–H and O–H groups in total. The highest BCUT2D eigenvalue weighted by atomic mass is 16.5. The molecule has 0 atom stereocenters. The van der Waals surface area contributed by atoms with E-state index in [9.17, 15) is 9.90 Å². The van der Waals surface area contributed by atoms with Gasteiger partial charge in [-0.15, -0.1) is 0 Å². The number of benzene rings is 1. The van der Waals surface area contributed by atoms with E-state index in [-0.39, 0.29) is 17.1 Å². The Hall–Kier alpha value is -1.55. The van der Waals surface area contributed by atoms with E-state index < -0.39 is 0 Å². The SMILES string of the molecule is COCCC1(CNC(=O)Cc2cccc(O)c2)CC1. The van der Waals surface area contributed by atoms with Gasteiger partial charge in [0.2, 0.25) is 5.91 Å². The number of phenols is 1. The monoisotopic (exact) mass is 263 g/mol. The van der Waals surface area contributed by atoms with Crippen molar-refractivity contribution in [3.05, 3.63) is 29.8 Å². The van der Waals surface area contributed by atoms with Crippen molar-refractivity contribution in [1.82, 2.24) is 5.32 Å². The first kappa shape index (κ1) is 13.9. The van der Waals surface area contributed by atoms with Gasteiger partial charge in [0, 0.05) is 20.3 Å². The number of carbonyl (C=O) groups excluding carboxylic acids is 1. The standard InChI is InChI=1S/C15H21NO3/c1-19-8-7-15(5-6-15)11-16-14(18)10-12-3-2-4-13(17)9-12/h2-4,9,17H,5-8,10-11H2,1H3,(H,16,18). The summed E-state index contributed by atoms with van der Waals surface area (Å²) in [6, 6.07) is 6.82. The minimum atomic E-state index is 0.00860. The van der Waals surface area contributed by atoms with E-state index in [1.54, 1.807) is 25.3 Å². The average molecular weight is 263 g/mol. The number of rotatable bonds is 7. The molecule has 19 heavy (non-hydrogen) atoms. The molecule has 0 bridgehead atoms. The predicted octanol–water partition coefficient (Wildman–Crippen LogP) is 1.87. The van der Waals surface area contributed by atoms with Gasteiger partial charge >= 0.3 is 0 Å². The van der Waals surface area contributed by atoms with Gasteiger partial charge in [-0.2, -0.15) is 0 Å². The summed E-state index contributed by atoms with van der Waals surface area (Å²) in [5.41, 5.74) is 1.10. The molecule has 0 unspecified atom stereocenters. The lowest BCUT2D eigenvalue weighted by atomic mass is 10.0. The van der Waals surface area contributed by atoms with Gasteiger partial charge < -0.3 is 15.2 Å². The van der Waals surface area contributed by atoms with Crippen molar-refractivity contribution in [2.75, 3.05) is 20.3 Å². The highest BCUT2D eigenvalue weighted by Gasteiger charge is 2.41. The summed E-state index contributed by atoms with van der Waals surface area (Å²) in [6.45, 7) is 1.48. The molecule has 4 nitrogen and oxygen atoms in total. The summed E-state index contributed by atoms with van der Waals surface area (Å²) in [5.74, 6) is 0.207. The summed E-state index contributed by atoms with van der Waals surface area (Å²) in [7, 11) is 1.70. The maximum absolute atomic E-state index is 11.8. The molecule has 0 spiro atoms. The first-order valence-corrected chi connectivity index (χ1v) is 6.67. The maximum Gasteiger partial charge on any atom is 0.224 e. The van der Waals surface area contributed by atoms with Crippen LogP contribution in [0.2, 0.25) is 0 Å². The number of ether oxygens (including phenoxy) is 1. The van der Waals surface area contributed by atoms with Gasteiger partial charge in [-0.05, 0) is 42.4 Å². The van der Waals surface area contributed by atoms with Crippen molar-refractivity contribution in [1.29, 1.82) is 0 Å². The molecule has 1 aromatic carbocycles. The Morgan fingerprint density at radius 2 is 2.26 bits per heavy atom. The number of nitrogens with one attached hydrogen (secondary N) is 1. The Bertz CT molecular complexity index is 441. The molecular weight excluding hydrogens is 242 g/mol. The lowest BCUT2D eigenvalue weighted by Crippen LogP contribution is -2.31. The van der Waals surface area contributed by atoms with E-state index in [0.29, 0.717) is 6.42 Å². The zero-order valence-corrected chi connectivity index (χ0v) is 11.3. The summed E-state index contributed by atoms with van der Waals surface area (Å²) < 4.78 is 5.09. The minimum Gasteiger partial charge on any atom is -0.508 e. The summed E-state index contributed by atoms with van der Waals surface area (Å²) in [4.78, 5) is 11.8. The number of hydrogen-bond donors (Lipinski definition) is 2. The Balaban J connectivity index is 1.76. The molecule has 1 fully saturated rings. The molecule has 4 heteroatoms. The van der Waals surface area contributed by atoms with E-state index in [1.165, 1.54) is 12.8 Å². The van der Waals surface area contributed by atoms with Crippen molar-refractivity contribution >= 4 is 5.91 Å².